The third-order valence-electron chi connectivity index (χ3n) is 3.32. The largest absolute Gasteiger partial charge is 0.494 e. The van der Waals surface area contributed by atoms with Crippen LogP contribution in [0, 0.1) is 5.82 Å². The Morgan fingerprint density at radius 3 is 3.00 bits per heavy atom. The minimum Gasteiger partial charge on any atom is -0.494 e. The lowest BCUT2D eigenvalue weighted by Crippen LogP contribution is -2.38. The second kappa shape index (κ2) is 4.92. The maximum absolute atomic E-state index is 13.6. The van der Waals surface area contributed by atoms with E-state index >= 15 is 0 Å². The van der Waals surface area contributed by atoms with E-state index in [1.54, 1.807) is 17.3 Å². The smallest absolute Gasteiger partial charge is 0.254 e. The van der Waals surface area contributed by atoms with Gasteiger partial charge in [-0.1, -0.05) is 0 Å². The maximum Gasteiger partial charge on any atom is 0.254 e. The van der Waals surface area contributed by atoms with Crippen molar-refractivity contribution in [2.24, 2.45) is 0 Å². The van der Waals surface area contributed by atoms with Gasteiger partial charge in [0.2, 0.25) is 0 Å². The Labute approximate surface area is 114 Å². The normalized spacial score (nSPS) is 14.0. The summed E-state index contributed by atoms with van der Waals surface area (Å²) in [6.45, 7) is 1.58. The highest BCUT2D eigenvalue weighted by Gasteiger charge is 2.23. The number of methoxy groups -OCH3 is 1. The van der Waals surface area contributed by atoms with Crippen LogP contribution in [0.15, 0.2) is 24.5 Å². The second-order valence-electron chi connectivity index (χ2n) is 4.52. The summed E-state index contributed by atoms with van der Waals surface area (Å²) in [7, 11) is 1.39. The van der Waals surface area contributed by atoms with Crippen LogP contribution < -0.4 is 4.74 Å². The summed E-state index contributed by atoms with van der Waals surface area (Å²) >= 11 is 0. The van der Waals surface area contributed by atoms with Crippen molar-refractivity contribution in [3.63, 3.8) is 0 Å². The van der Waals surface area contributed by atoms with Crippen LogP contribution in [0.5, 0.6) is 5.75 Å². The summed E-state index contributed by atoms with van der Waals surface area (Å²) in [4.78, 5) is 14.0. The van der Waals surface area contributed by atoms with Gasteiger partial charge >= 0.3 is 0 Å². The molecule has 0 N–H and O–H groups in total. The molecule has 2 heterocycles. The summed E-state index contributed by atoms with van der Waals surface area (Å²) in [6, 6.07) is 4.21. The molecule has 0 spiro atoms. The molecule has 1 aliphatic heterocycles. The Kier molecular flexibility index (Phi) is 3.09. The molecule has 1 aromatic heterocycles. The minimum atomic E-state index is -0.543. The molecule has 0 atom stereocenters. The van der Waals surface area contributed by atoms with Crippen molar-refractivity contribution in [1.82, 2.24) is 19.7 Å². The molecule has 6 nitrogen and oxygen atoms in total. The van der Waals surface area contributed by atoms with Crippen molar-refractivity contribution in [2.45, 2.75) is 13.1 Å². The zero-order chi connectivity index (χ0) is 14.1. The Balaban J connectivity index is 1.81. The molecule has 7 heteroatoms. The Bertz CT molecular complexity index is 656. The zero-order valence-electron chi connectivity index (χ0n) is 10.9. The van der Waals surface area contributed by atoms with E-state index in [-0.39, 0.29) is 11.7 Å². The van der Waals surface area contributed by atoms with E-state index in [4.69, 9.17) is 4.74 Å². The number of aromatic nitrogens is 3. The molecule has 0 saturated heterocycles. The fourth-order valence-corrected chi connectivity index (χ4v) is 2.22. The van der Waals surface area contributed by atoms with Crippen molar-refractivity contribution < 1.29 is 13.9 Å². The Morgan fingerprint density at radius 1 is 1.40 bits per heavy atom. The van der Waals surface area contributed by atoms with Crippen LogP contribution in [0.2, 0.25) is 0 Å². The lowest BCUT2D eigenvalue weighted by Gasteiger charge is -2.27. The van der Waals surface area contributed by atoms with Crippen molar-refractivity contribution in [3.05, 3.63) is 41.7 Å². The van der Waals surface area contributed by atoms with Crippen molar-refractivity contribution in [1.29, 1.82) is 0 Å². The summed E-state index contributed by atoms with van der Waals surface area (Å²) in [6.07, 6.45) is 1.64. The lowest BCUT2D eigenvalue weighted by molar-refractivity contribution is 0.0707. The zero-order valence-corrected chi connectivity index (χ0v) is 10.9. The van der Waals surface area contributed by atoms with Gasteiger partial charge in [-0.25, -0.2) is 4.39 Å². The molecular formula is C13H13FN4O2. The van der Waals surface area contributed by atoms with Gasteiger partial charge in [0.25, 0.3) is 5.91 Å². The number of benzene rings is 1. The predicted octanol–water partition coefficient (Wildman–Crippen LogP) is 1.08. The van der Waals surface area contributed by atoms with Gasteiger partial charge in [0.05, 0.1) is 13.7 Å². The number of carbonyl (C=O) groups is 1. The molecule has 0 radical (unpaired) electrons. The number of hydrogen-bond donors (Lipinski definition) is 0. The third-order valence-corrected chi connectivity index (χ3v) is 3.32. The molecule has 104 valence electrons. The molecule has 1 aliphatic rings. The summed E-state index contributed by atoms with van der Waals surface area (Å²) in [5.74, 6) is 0.0952. The Hall–Kier alpha value is -2.44. The number of amides is 1. The quantitative estimate of drug-likeness (QED) is 0.823. The van der Waals surface area contributed by atoms with Gasteiger partial charge in [-0.15, -0.1) is 10.2 Å². The molecule has 1 amide bonds. The molecule has 0 bridgehead atoms. The second-order valence-corrected chi connectivity index (χ2v) is 4.52. The maximum atomic E-state index is 13.6. The van der Waals surface area contributed by atoms with Crippen molar-refractivity contribution in [3.8, 4) is 5.75 Å². The molecule has 1 aromatic carbocycles. The van der Waals surface area contributed by atoms with E-state index in [2.05, 4.69) is 10.2 Å². The number of ether oxygens (including phenoxy) is 1. The van der Waals surface area contributed by atoms with Crippen LogP contribution in [-0.4, -0.2) is 39.2 Å². The number of hydrogen-bond acceptors (Lipinski definition) is 4. The number of halogens is 1. The highest BCUT2D eigenvalue weighted by molar-refractivity contribution is 5.94. The Morgan fingerprint density at radius 2 is 2.25 bits per heavy atom. The van der Waals surface area contributed by atoms with Gasteiger partial charge < -0.3 is 14.2 Å². The van der Waals surface area contributed by atoms with Crippen LogP contribution in [0.4, 0.5) is 4.39 Å². The van der Waals surface area contributed by atoms with Gasteiger partial charge in [-0.3, -0.25) is 4.79 Å². The van der Waals surface area contributed by atoms with Crippen LogP contribution >= 0.6 is 0 Å². The van der Waals surface area contributed by atoms with E-state index in [0.717, 1.165) is 5.82 Å². The number of rotatable bonds is 2. The fraction of sp³-hybridized carbons (Fsp3) is 0.308. The average molecular weight is 276 g/mol. The van der Waals surface area contributed by atoms with Gasteiger partial charge in [0, 0.05) is 18.7 Å². The highest BCUT2D eigenvalue weighted by Crippen LogP contribution is 2.20. The van der Waals surface area contributed by atoms with Gasteiger partial charge in [-0.05, 0) is 18.2 Å². The van der Waals surface area contributed by atoms with Crippen LogP contribution in [0.1, 0.15) is 16.2 Å². The van der Waals surface area contributed by atoms with Crippen LogP contribution in [-0.2, 0) is 13.1 Å². The SMILES string of the molecule is COc1ccc(C(=O)N2CCn3cnnc3C2)cc1F. The number of carbonyl (C=O) groups excluding carboxylic acids is 1. The van der Waals surface area contributed by atoms with Crippen molar-refractivity contribution in [2.75, 3.05) is 13.7 Å². The molecule has 20 heavy (non-hydrogen) atoms. The predicted molar refractivity (Wildman–Crippen MR) is 67.7 cm³/mol. The first-order chi connectivity index (χ1) is 9.69. The molecule has 0 saturated carbocycles. The van der Waals surface area contributed by atoms with E-state index in [1.165, 1.54) is 19.2 Å². The van der Waals surface area contributed by atoms with E-state index in [1.807, 2.05) is 4.57 Å². The van der Waals surface area contributed by atoms with Crippen LogP contribution in [0.25, 0.3) is 0 Å². The fourth-order valence-electron chi connectivity index (χ4n) is 2.22. The van der Waals surface area contributed by atoms with Gasteiger partial charge in [0.15, 0.2) is 17.4 Å². The standard InChI is InChI=1S/C13H13FN4O2/c1-20-11-3-2-9(6-10(11)14)13(19)17-4-5-18-8-15-16-12(18)7-17/h2-3,6,8H,4-5,7H2,1H3. The third kappa shape index (κ3) is 2.11. The lowest BCUT2D eigenvalue weighted by atomic mass is 10.1. The molecule has 0 unspecified atom stereocenters. The summed E-state index contributed by atoms with van der Waals surface area (Å²) in [5, 5.41) is 7.76. The first-order valence-corrected chi connectivity index (χ1v) is 6.18. The average Bonchev–Trinajstić information content (AvgIpc) is 2.93. The van der Waals surface area contributed by atoms with E-state index in [0.29, 0.717) is 25.2 Å². The molecular weight excluding hydrogens is 263 g/mol. The summed E-state index contributed by atoms with van der Waals surface area (Å²) < 4.78 is 20.4. The topological polar surface area (TPSA) is 60.2 Å². The molecule has 0 aliphatic carbocycles. The van der Waals surface area contributed by atoms with Crippen molar-refractivity contribution >= 4 is 5.91 Å². The first kappa shape index (κ1) is 12.6. The van der Waals surface area contributed by atoms with E-state index < -0.39 is 5.82 Å². The molecule has 0 fully saturated rings. The number of fused-ring (bicyclic) bond motifs is 1. The minimum absolute atomic E-state index is 0.125. The highest BCUT2D eigenvalue weighted by atomic mass is 19.1. The monoisotopic (exact) mass is 276 g/mol. The number of nitrogens with zero attached hydrogens (tertiary/aromatic N) is 4. The van der Waals surface area contributed by atoms with E-state index in [9.17, 15) is 9.18 Å². The summed E-state index contributed by atoms with van der Waals surface area (Å²) in [5.41, 5.74) is 0.302. The molecule has 2 aromatic rings. The van der Waals surface area contributed by atoms with Crippen LogP contribution in [0.3, 0.4) is 0 Å². The van der Waals surface area contributed by atoms with Gasteiger partial charge in [0.1, 0.15) is 6.33 Å². The molecule has 3 rings (SSSR count). The first-order valence-electron chi connectivity index (χ1n) is 6.18. The van der Waals surface area contributed by atoms with Gasteiger partial charge in [-0.2, -0.15) is 0 Å².